The topological polar surface area (TPSA) is 105 Å². The van der Waals surface area contributed by atoms with Crippen molar-refractivity contribution in [3.05, 3.63) is 64.2 Å². The Labute approximate surface area is 143 Å². The van der Waals surface area contributed by atoms with Gasteiger partial charge in [0.15, 0.2) is 6.61 Å². The zero-order valence-corrected chi connectivity index (χ0v) is 13.3. The number of ether oxygens (including phenoxy) is 1. The van der Waals surface area contributed by atoms with E-state index >= 15 is 0 Å². The zero-order valence-electron chi connectivity index (χ0n) is 12.6. The summed E-state index contributed by atoms with van der Waals surface area (Å²) < 4.78 is 5.30. The summed E-state index contributed by atoms with van der Waals surface area (Å²) in [5.41, 5.74) is 6.48. The molecule has 2 rings (SSSR count). The van der Waals surface area contributed by atoms with E-state index in [1.807, 2.05) is 6.07 Å². The molecule has 0 saturated heterocycles. The maximum Gasteiger partial charge on any atom is 0.255 e. The fourth-order valence-corrected chi connectivity index (χ4v) is 2.15. The zero-order chi connectivity index (χ0) is 17.5. The van der Waals surface area contributed by atoms with Crippen LogP contribution in [0.4, 0.5) is 0 Å². The molecule has 0 fully saturated rings. The van der Waals surface area contributed by atoms with Crippen LogP contribution in [0, 0.1) is 11.3 Å². The molecular weight excluding hydrogens is 330 g/mol. The molecule has 24 heavy (non-hydrogen) atoms. The highest BCUT2D eigenvalue weighted by atomic mass is 35.5. The number of carbonyl (C=O) groups excluding carboxylic acids is 2. The van der Waals surface area contributed by atoms with Gasteiger partial charge >= 0.3 is 0 Å². The maximum absolute atomic E-state index is 12.1. The van der Waals surface area contributed by atoms with E-state index in [0.717, 1.165) is 0 Å². The van der Waals surface area contributed by atoms with Gasteiger partial charge in [-0.1, -0.05) is 23.7 Å². The summed E-state index contributed by atoms with van der Waals surface area (Å²) >= 11 is 5.86. The number of benzene rings is 2. The number of halogens is 1. The number of primary amides is 1. The Morgan fingerprint density at radius 2 is 2.04 bits per heavy atom. The molecule has 2 aromatic rings. The van der Waals surface area contributed by atoms with Crippen molar-refractivity contribution in [1.82, 2.24) is 5.32 Å². The molecule has 122 valence electrons. The van der Waals surface area contributed by atoms with Crippen molar-refractivity contribution in [2.75, 3.05) is 6.61 Å². The fraction of sp³-hybridized carbons (Fsp3) is 0.118. The second kappa shape index (κ2) is 7.99. The van der Waals surface area contributed by atoms with Crippen LogP contribution < -0.4 is 15.8 Å². The van der Waals surface area contributed by atoms with Crippen molar-refractivity contribution in [3.8, 4) is 11.8 Å². The Morgan fingerprint density at radius 1 is 1.25 bits per heavy atom. The van der Waals surface area contributed by atoms with Gasteiger partial charge in [-0.15, -0.1) is 0 Å². The van der Waals surface area contributed by atoms with E-state index in [0.29, 0.717) is 27.5 Å². The van der Waals surface area contributed by atoms with Gasteiger partial charge < -0.3 is 15.8 Å². The Balaban J connectivity index is 2.12. The van der Waals surface area contributed by atoms with Crippen molar-refractivity contribution in [1.29, 1.82) is 5.26 Å². The highest BCUT2D eigenvalue weighted by Gasteiger charge is 2.10. The van der Waals surface area contributed by atoms with Crippen molar-refractivity contribution >= 4 is 23.4 Å². The number of nitrogens with zero attached hydrogens (tertiary/aromatic N) is 1. The minimum atomic E-state index is -0.633. The number of amides is 2. The first-order valence-electron chi connectivity index (χ1n) is 6.97. The largest absolute Gasteiger partial charge is 0.483 e. The summed E-state index contributed by atoms with van der Waals surface area (Å²) in [6.45, 7) is -0.157. The van der Waals surface area contributed by atoms with Crippen LogP contribution in [0.5, 0.6) is 5.75 Å². The molecule has 3 N–H and O–H groups in total. The Hall–Kier alpha value is -3.04. The summed E-state index contributed by atoms with van der Waals surface area (Å²) in [5, 5.41) is 12.1. The van der Waals surface area contributed by atoms with Crippen LogP contribution in [-0.2, 0) is 11.3 Å². The van der Waals surface area contributed by atoms with Crippen molar-refractivity contribution in [2.24, 2.45) is 5.73 Å². The SMILES string of the molecule is N#Cc1ccc(CNC(=O)c2cccc(Cl)c2)c(OCC(N)=O)c1. The standard InChI is InChI=1S/C17H14ClN3O3/c18-14-3-1-2-12(7-14)17(23)21-9-13-5-4-11(8-19)6-15(13)24-10-16(20)22/h1-7H,9-10H2,(H2,20,22)(H,21,23). The van der Waals surface area contributed by atoms with Crippen molar-refractivity contribution < 1.29 is 14.3 Å². The monoisotopic (exact) mass is 343 g/mol. The molecule has 0 heterocycles. The third kappa shape index (κ3) is 4.73. The van der Waals surface area contributed by atoms with E-state index in [1.165, 1.54) is 6.07 Å². The molecule has 0 bridgehead atoms. The van der Waals surface area contributed by atoms with E-state index in [-0.39, 0.29) is 19.1 Å². The predicted molar refractivity (Wildman–Crippen MR) is 88.5 cm³/mol. The smallest absolute Gasteiger partial charge is 0.255 e. The molecule has 2 aromatic carbocycles. The third-order valence-electron chi connectivity index (χ3n) is 3.09. The molecule has 0 saturated carbocycles. The van der Waals surface area contributed by atoms with Crippen LogP contribution in [0.15, 0.2) is 42.5 Å². The highest BCUT2D eigenvalue weighted by Crippen LogP contribution is 2.20. The number of nitrogens with one attached hydrogen (secondary N) is 1. The minimum absolute atomic E-state index is 0.158. The first-order chi connectivity index (χ1) is 11.5. The average Bonchev–Trinajstić information content (AvgIpc) is 2.58. The minimum Gasteiger partial charge on any atom is -0.483 e. The highest BCUT2D eigenvalue weighted by molar-refractivity contribution is 6.30. The summed E-state index contributed by atoms with van der Waals surface area (Å²) in [5.74, 6) is -0.617. The molecule has 0 spiro atoms. The lowest BCUT2D eigenvalue weighted by atomic mass is 10.1. The first kappa shape index (κ1) is 17.3. The second-order valence-electron chi connectivity index (χ2n) is 4.88. The average molecular weight is 344 g/mol. The summed E-state index contributed by atoms with van der Waals surface area (Å²) in [6.07, 6.45) is 0. The number of hydrogen-bond acceptors (Lipinski definition) is 4. The van der Waals surface area contributed by atoms with Gasteiger partial charge in [-0.25, -0.2) is 0 Å². The summed E-state index contributed by atoms with van der Waals surface area (Å²) in [4.78, 5) is 23.0. The summed E-state index contributed by atoms with van der Waals surface area (Å²) in [7, 11) is 0. The van der Waals surface area contributed by atoms with E-state index < -0.39 is 5.91 Å². The second-order valence-corrected chi connectivity index (χ2v) is 5.32. The van der Waals surface area contributed by atoms with Crippen LogP contribution in [0.25, 0.3) is 0 Å². The van der Waals surface area contributed by atoms with E-state index in [9.17, 15) is 9.59 Å². The molecule has 7 heteroatoms. The van der Waals surface area contributed by atoms with Crippen LogP contribution in [0.1, 0.15) is 21.5 Å². The number of rotatable bonds is 6. The van der Waals surface area contributed by atoms with Crippen LogP contribution in [-0.4, -0.2) is 18.4 Å². The van der Waals surface area contributed by atoms with Gasteiger partial charge in [0.05, 0.1) is 11.6 Å². The van der Waals surface area contributed by atoms with Gasteiger partial charge in [0.1, 0.15) is 5.75 Å². The first-order valence-corrected chi connectivity index (χ1v) is 7.35. The lowest BCUT2D eigenvalue weighted by Crippen LogP contribution is -2.24. The molecular formula is C17H14ClN3O3. The molecule has 2 amide bonds. The molecule has 0 aliphatic carbocycles. The van der Waals surface area contributed by atoms with Crippen molar-refractivity contribution in [3.63, 3.8) is 0 Å². The van der Waals surface area contributed by atoms with E-state index in [2.05, 4.69) is 5.32 Å². The van der Waals surface area contributed by atoms with Gasteiger partial charge in [-0.2, -0.15) is 5.26 Å². The normalized spacial score (nSPS) is 9.83. The third-order valence-corrected chi connectivity index (χ3v) is 3.33. The molecule has 0 aromatic heterocycles. The Bertz CT molecular complexity index is 815. The fourth-order valence-electron chi connectivity index (χ4n) is 1.96. The summed E-state index contributed by atoms with van der Waals surface area (Å²) in [6, 6.07) is 13.3. The van der Waals surface area contributed by atoms with Crippen LogP contribution >= 0.6 is 11.6 Å². The quantitative estimate of drug-likeness (QED) is 0.836. The van der Waals surface area contributed by atoms with E-state index in [1.54, 1.807) is 36.4 Å². The lowest BCUT2D eigenvalue weighted by Gasteiger charge is -2.12. The maximum atomic E-state index is 12.1. The number of hydrogen-bond donors (Lipinski definition) is 2. The van der Waals surface area contributed by atoms with Gasteiger partial charge in [-0.05, 0) is 30.3 Å². The van der Waals surface area contributed by atoms with Crippen molar-refractivity contribution in [2.45, 2.75) is 6.54 Å². The predicted octanol–water partition coefficient (Wildman–Crippen LogP) is 2.01. The van der Waals surface area contributed by atoms with Gasteiger partial charge in [-0.3, -0.25) is 9.59 Å². The van der Waals surface area contributed by atoms with Gasteiger partial charge in [0.25, 0.3) is 11.8 Å². The molecule has 0 aliphatic heterocycles. The number of nitrogens with two attached hydrogens (primary N) is 1. The Morgan fingerprint density at radius 3 is 2.71 bits per heavy atom. The Kier molecular flexibility index (Phi) is 5.77. The molecule has 0 atom stereocenters. The molecule has 0 aliphatic rings. The van der Waals surface area contributed by atoms with Crippen LogP contribution in [0.3, 0.4) is 0 Å². The molecule has 0 radical (unpaired) electrons. The lowest BCUT2D eigenvalue weighted by molar-refractivity contribution is -0.119. The van der Waals surface area contributed by atoms with Gasteiger partial charge in [0.2, 0.25) is 0 Å². The molecule has 0 unspecified atom stereocenters. The van der Waals surface area contributed by atoms with E-state index in [4.69, 9.17) is 27.3 Å². The number of nitriles is 1. The number of carbonyl (C=O) groups is 2. The van der Waals surface area contributed by atoms with Crippen LogP contribution in [0.2, 0.25) is 5.02 Å². The van der Waals surface area contributed by atoms with Gasteiger partial charge in [0, 0.05) is 22.7 Å². The molecule has 6 nitrogen and oxygen atoms in total.